The first kappa shape index (κ1) is 25.0. The lowest BCUT2D eigenvalue weighted by molar-refractivity contribution is 0.0948. The third kappa shape index (κ3) is 8.85. The van der Waals surface area contributed by atoms with E-state index in [4.69, 9.17) is 20.9 Å². The molecule has 0 heterocycles. The Bertz CT molecular complexity index is 825. The Morgan fingerprint density at radius 1 is 0.969 bits per heavy atom. The van der Waals surface area contributed by atoms with Gasteiger partial charge in [-0.3, -0.25) is 4.79 Å². The summed E-state index contributed by atoms with van der Waals surface area (Å²) in [5, 5.41) is 2.86. The van der Waals surface area contributed by atoms with Gasteiger partial charge in [0.25, 0.3) is 5.91 Å². The van der Waals surface area contributed by atoms with Crippen LogP contribution in [0.25, 0.3) is 0 Å². The molecule has 2 aromatic rings. The van der Waals surface area contributed by atoms with E-state index in [2.05, 4.69) is 5.32 Å². The minimum Gasteiger partial charge on any atom is -0.494 e. The molecular weight excluding hydrogens is 408 g/mol. The molecule has 2 aromatic carbocycles. The Balaban J connectivity index is 1.69. The van der Waals surface area contributed by atoms with Crippen LogP contribution in [0.15, 0.2) is 48.5 Å². The average Bonchev–Trinajstić information content (AvgIpc) is 2.81. The molecule has 32 heavy (non-hydrogen) atoms. The van der Waals surface area contributed by atoms with Crippen molar-refractivity contribution in [2.24, 2.45) is 5.73 Å². The molecule has 2 rings (SSSR count). The summed E-state index contributed by atoms with van der Waals surface area (Å²) in [4.78, 5) is 26.1. The van der Waals surface area contributed by atoms with Crippen LogP contribution in [0.3, 0.4) is 0 Å². The van der Waals surface area contributed by atoms with Gasteiger partial charge in [0.1, 0.15) is 5.75 Å². The number of unbranched alkanes of at least 4 members (excludes halogenated alkanes) is 1. The van der Waals surface area contributed by atoms with Gasteiger partial charge in [-0.25, -0.2) is 4.79 Å². The molecule has 2 amide bonds. The average molecular weight is 443 g/mol. The molecule has 8 heteroatoms. The zero-order valence-corrected chi connectivity index (χ0v) is 18.7. The summed E-state index contributed by atoms with van der Waals surface area (Å²) in [7, 11) is 0. The first-order valence-electron chi connectivity index (χ1n) is 11.0. The fraction of sp³-hybridized carbons (Fsp3) is 0.417. The Hall–Kier alpha value is -3.26. The summed E-state index contributed by atoms with van der Waals surface area (Å²) in [6.07, 6.45) is 1.89. The van der Waals surface area contributed by atoms with Crippen LogP contribution < -0.4 is 21.5 Å². The summed E-state index contributed by atoms with van der Waals surface area (Å²) < 4.78 is 10.9. The van der Waals surface area contributed by atoms with Crippen LogP contribution >= 0.6 is 0 Å². The normalized spacial score (nSPS) is 10.4. The Morgan fingerprint density at radius 3 is 2.31 bits per heavy atom. The summed E-state index contributed by atoms with van der Waals surface area (Å²) in [5.41, 5.74) is 13.5. The van der Waals surface area contributed by atoms with E-state index in [1.807, 2.05) is 24.3 Å². The van der Waals surface area contributed by atoms with Crippen molar-refractivity contribution in [1.82, 2.24) is 10.2 Å². The molecule has 0 unspecified atom stereocenters. The van der Waals surface area contributed by atoms with Crippen molar-refractivity contribution in [3.8, 4) is 5.75 Å². The second kappa shape index (κ2) is 13.9. The third-order valence-electron chi connectivity index (χ3n) is 4.84. The lowest BCUT2D eigenvalue weighted by Crippen LogP contribution is -2.35. The van der Waals surface area contributed by atoms with Crippen LogP contribution in [0.4, 0.5) is 10.5 Å². The number of amides is 2. The quantitative estimate of drug-likeness (QED) is 0.324. The van der Waals surface area contributed by atoms with E-state index in [1.54, 1.807) is 36.1 Å². The number of nitrogens with zero attached hydrogens (tertiary/aromatic N) is 1. The van der Waals surface area contributed by atoms with E-state index in [1.165, 1.54) is 0 Å². The predicted octanol–water partition coefficient (Wildman–Crippen LogP) is 3.17. The van der Waals surface area contributed by atoms with Gasteiger partial charge in [-0.15, -0.1) is 0 Å². The molecule has 0 aliphatic carbocycles. The number of nitrogens with two attached hydrogens (primary N) is 2. The summed E-state index contributed by atoms with van der Waals surface area (Å²) in [6.45, 7) is 4.71. The van der Waals surface area contributed by atoms with Crippen LogP contribution in [0.2, 0.25) is 0 Å². The van der Waals surface area contributed by atoms with Gasteiger partial charge in [0.2, 0.25) is 0 Å². The maximum atomic E-state index is 12.2. The monoisotopic (exact) mass is 442 g/mol. The molecule has 0 saturated heterocycles. The van der Waals surface area contributed by atoms with Gasteiger partial charge >= 0.3 is 6.09 Å². The van der Waals surface area contributed by atoms with Crippen LogP contribution in [-0.2, 0) is 11.3 Å². The number of rotatable bonds is 13. The first-order valence-corrected chi connectivity index (χ1v) is 11.0. The molecule has 5 N–H and O–H groups in total. The molecule has 0 aliphatic heterocycles. The number of hydrogen-bond acceptors (Lipinski definition) is 6. The van der Waals surface area contributed by atoms with Crippen molar-refractivity contribution < 1.29 is 19.1 Å². The SMILES string of the molecule is CCOC(=O)N(CCCCOc1ccc(CN)cc1)CCCNC(=O)c1ccc(N)cc1. The predicted molar refractivity (Wildman–Crippen MR) is 125 cm³/mol. The number of nitrogens with one attached hydrogen (secondary N) is 1. The fourth-order valence-electron chi connectivity index (χ4n) is 3.03. The zero-order chi connectivity index (χ0) is 23.2. The molecule has 0 saturated carbocycles. The second-order valence-electron chi connectivity index (χ2n) is 7.32. The van der Waals surface area contributed by atoms with Crippen molar-refractivity contribution in [1.29, 1.82) is 0 Å². The van der Waals surface area contributed by atoms with E-state index < -0.39 is 0 Å². The summed E-state index contributed by atoms with van der Waals surface area (Å²) in [6, 6.07) is 14.5. The highest BCUT2D eigenvalue weighted by Crippen LogP contribution is 2.12. The lowest BCUT2D eigenvalue weighted by atomic mass is 10.2. The Labute approximate surface area is 189 Å². The second-order valence-corrected chi connectivity index (χ2v) is 7.32. The zero-order valence-electron chi connectivity index (χ0n) is 18.7. The van der Waals surface area contributed by atoms with Crippen molar-refractivity contribution >= 4 is 17.7 Å². The number of benzene rings is 2. The van der Waals surface area contributed by atoms with Gasteiger partial charge in [-0.2, -0.15) is 0 Å². The fourth-order valence-corrected chi connectivity index (χ4v) is 3.03. The van der Waals surface area contributed by atoms with E-state index in [-0.39, 0.29) is 12.0 Å². The van der Waals surface area contributed by atoms with E-state index in [0.717, 1.165) is 24.2 Å². The largest absolute Gasteiger partial charge is 0.494 e. The number of hydrogen-bond donors (Lipinski definition) is 3. The van der Waals surface area contributed by atoms with Crippen LogP contribution in [0.1, 0.15) is 42.1 Å². The highest BCUT2D eigenvalue weighted by molar-refractivity contribution is 5.94. The lowest BCUT2D eigenvalue weighted by Gasteiger charge is -2.22. The molecule has 0 aliphatic rings. The van der Waals surface area contributed by atoms with Crippen molar-refractivity contribution in [2.75, 3.05) is 38.6 Å². The molecule has 174 valence electrons. The number of anilines is 1. The Morgan fingerprint density at radius 2 is 1.66 bits per heavy atom. The van der Waals surface area contributed by atoms with E-state index in [0.29, 0.717) is 57.1 Å². The molecule has 0 aromatic heterocycles. The maximum Gasteiger partial charge on any atom is 0.409 e. The van der Waals surface area contributed by atoms with Crippen LogP contribution in [0.5, 0.6) is 5.75 Å². The van der Waals surface area contributed by atoms with Crippen molar-refractivity contribution in [3.63, 3.8) is 0 Å². The first-order chi connectivity index (χ1) is 15.5. The molecule has 8 nitrogen and oxygen atoms in total. The van der Waals surface area contributed by atoms with Crippen LogP contribution in [0, 0.1) is 0 Å². The van der Waals surface area contributed by atoms with Crippen molar-refractivity contribution in [3.05, 3.63) is 59.7 Å². The van der Waals surface area contributed by atoms with Gasteiger partial charge in [0.15, 0.2) is 0 Å². The standard InChI is InChI=1S/C24H34N4O4/c1-2-31-24(30)28(15-3-4-17-32-22-12-6-19(18-25)7-13-22)16-5-14-27-23(29)20-8-10-21(26)11-9-20/h6-13H,2-5,14-18,25-26H2,1H3,(H,27,29). The van der Waals surface area contributed by atoms with Gasteiger partial charge in [-0.05, 0) is 68.1 Å². The van der Waals surface area contributed by atoms with Gasteiger partial charge in [0.05, 0.1) is 13.2 Å². The van der Waals surface area contributed by atoms with Gasteiger partial charge < -0.3 is 31.2 Å². The molecule has 0 spiro atoms. The van der Waals surface area contributed by atoms with Gasteiger partial charge in [0, 0.05) is 37.4 Å². The number of carbonyl (C=O) groups is 2. The highest BCUT2D eigenvalue weighted by Gasteiger charge is 2.14. The summed E-state index contributed by atoms with van der Waals surface area (Å²) >= 11 is 0. The number of ether oxygens (including phenoxy) is 2. The van der Waals surface area contributed by atoms with Crippen molar-refractivity contribution in [2.45, 2.75) is 32.7 Å². The van der Waals surface area contributed by atoms with E-state index >= 15 is 0 Å². The molecule has 0 radical (unpaired) electrons. The Kier molecular flexibility index (Phi) is 10.9. The molecule has 0 bridgehead atoms. The van der Waals surface area contributed by atoms with Crippen LogP contribution in [-0.4, -0.2) is 49.7 Å². The smallest absolute Gasteiger partial charge is 0.409 e. The van der Waals surface area contributed by atoms with E-state index in [9.17, 15) is 9.59 Å². The molecule has 0 fully saturated rings. The third-order valence-corrected chi connectivity index (χ3v) is 4.84. The number of nitrogen functional groups attached to an aromatic ring is 1. The number of carbonyl (C=O) groups excluding carboxylic acids is 2. The summed E-state index contributed by atoms with van der Waals surface area (Å²) in [5.74, 6) is 0.644. The minimum atomic E-state index is -0.337. The van der Waals surface area contributed by atoms with Gasteiger partial charge in [-0.1, -0.05) is 12.1 Å². The molecular formula is C24H34N4O4. The maximum absolute atomic E-state index is 12.2. The minimum absolute atomic E-state index is 0.163. The molecule has 0 atom stereocenters. The highest BCUT2D eigenvalue weighted by atomic mass is 16.6. The topological polar surface area (TPSA) is 120 Å².